The van der Waals surface area contributed by atoms with Gasteiger partial charge in [-0.05, 0) is 59.7 Å². The molecule has 8 heteroatoms. The predicted molar refractivity (Wildman–Crippen MR) is 112 cm³/mol. The van der Waals surface area contributed by atoms with Crippen LogP contribution in [-0.4, -0.2) is 32.7 Å². The van der Waals surface area contributed by atoms with Crippen molar-refractivity contribution < 1.29 is 14.6 Å². The van der Waals surface area contributed by atoms with Crippen molar-refractivity contribution >= 4 is 23.1 Å². The quantitative estimate of drug-likeness (QED) is 0.510. The number of rotatable bonds is 4. The van der Waals surface area contributed by atoms with Crippen LogP contribution in [0.25, 0.3) is 5.65 Å². The first-order valence-corrected chi connectivity index (χ1v) is 9.46. The first-order chi connectivity index (χ1) is 14.6. The van der Waals surface area contributed by atoms with Gasteiger partial charge in [-0.2, -0.15) is 0 Å². The number of nitrogens with one attached hydrogen (secondary N) is 1. The van der Waals surface area contributed by atoms with E-state index in [2.05, 4.69) is 26.4 Å². The number of hydrogen-bond acceptors (Lipinski definition) is 6. The zero-order valence-corrected chi connectivity index (χ0v) is 16.2. The minimum Gasteiger partial charge on any atom is -0.508 e. The molecule has 4 aromatic rings. The minimum absolute atomic E-state index is 0.137. The number of phenolic OH excluding ortho intramolecular Hbond substituents is 1. The van der Waals surface area contributed by atoms with E-state index < -0.39 is 0 Å². The standard InChI is InChI=1S/C22H19N5O3/c1-30-18-7-2-14-12-26(13-15(14)10-18)21-9-8-20-23-11-19(27(20)25-21)22(29)24-16-3-5-17(28)6-4-16/h2-11,28H,12-13H2,1H3,(H,24,29). The van der Waals surface area contributed by atoms with E-state index >= 15 is 0 Å². The Morgan fingerprint density at radius 2 is 1.87 bits per heavy atom. The zero-order valence-electron chi connectivity index (χ0n) is 16.2. The molecule has 3 heterocycles. The summed E-state index contributed by atoms with van der Waals surface area (Å²) in [7, 11) is 1.66. The second-order valence-corrected chi connectivity index (χ2v) is 7.10. The van der Waals surface area contributed by atoms with E-state index in [0.717, 1.165) is 24.7 Å². The molecule has 2 aromatic heterocycles. The number of carbonyl (C=O) groups is 1. The summed E-state index contributed by atoms with van der Waals surface area (Å²) < 4.78 is 6.87. The number of hydrogen-bond donors (Lipinski definition) is 2. The Balaban J connectivity index is 1.42. The lowest BCUT2D eigenvalue weighted by atomic mass is 10.1. The first-order valence-electron chi connectivity index (χ1n) is 9.46. The van der Waals surface area contributed by atoms with Gasteiger partial charge in [0.05, 0.1) is 13.3 Å². The van der Waals surface area contributed by atoms with Gasteiger partial charge in [0.2, 0.25) is 0 Å². The van der Waals surface area contributed by atoms with Crippen LogP contribution in [0.3, 0.4) is 0 Å². The van der Waals surface area contributed by atoms with Crippen LogP contribution in [0.5, 0.6) is 11.5 Å². The molecule has 0 fully saturated rings. The summed E-state index contributed by atoms with van der Waals surface area (Å²) in [4.78, 5) is 19.2. The molecule has 0 aliphatic carbocycles. The number of methoxy groups -OCH3 is 1. The molecule has 0 atom stereocenters. The maximum atomic E-state index is 12.8. The van der Waals surface area contributed by atoms with Crippen molar-refractivity contribution in [2.24, 2.45) is 0 Å². The van der Waals surface area contributed by atoms with Gasteiger partial charge in [0.25, 0.3) is 5.91 Å². The van der Waals surface area contributed by atoms with Crippen molar-refractivity contribution in [2.75, 3.05) is 17.3 Å². The predicted octanol–water partition coefficient (Wildman–Crippen LogP) is 3.22. The fraction of sp³-hybridized carbons (Fsp3) is 0.136. The van der Waals surface area contributed by atoms with Crippen molar-refractivity contribution in [1.82, 2.24) is 14.6 Å². The van der Waals surface area contributed by atoms with E-state index in [9.17, 15) is 9.90 Å². The molecule has 0 unspecified atom stereocenters. The molecule has 2 N–H and O–H groups in total. The Morgan fingerprint density at radius 3 is 2.67 bits per heavy atom. The molecule has 8 nitrogen and oxygen atoms in total. The van der Waals surface area contributed by atoms with Crippen LogP contribution < -0.4 is 15.0 Å². The summed E-state index contributed by atoms with van der Waals surface area (Å²) >= 11 is 0. The summed E-state index contributed by atoms with van der Waals surface area (Å²) in [6, 6.07) is 16.1. The van der Waals surface area contributed by atoms with Crippen molar-refractivity contribution in [3.8, 4) is 11.5 Å². The lowest BCUT2D eigenvalue weighted by molar-refractivity contribution is 0.102. The van der Waals surface area contributed by atoms with E-state index in [4.69, 9.17) is 4.74 Å². The monoisotopic (exact) mass is 401 g/mol. The lowest BCUT2D eigenvalue weighted by Crippen LogP contribution is -2.19. The number of ether oxygens (including phenoxy) is 1. The van der Waals surface area contributed by atoms with E-state index in [0.29, 0.717) is 17.0 Å². The van der Waals surface area contributed by atoms with Gasteiger partial charge in [-0.25, -0.2) is 9.50 Å². The number of aromatic hydroxyl groups is 1. The molecule has 1 aliphatic heterocycles. The molecule has 150 valence electrons. The third-order valence-corrected chi connectivity index (χ3v) is 5.17. The van der Waals surface area contributed by atoms with Gasteiger partial charge >= 0.3 is 0 Å². The number of anilines is 2. The van der Waals surface area contributed by atoms with Gasteiger partial charge in [0.15, 0.2) is 11.3 Å². The molecule has 0 saturated heterocycles. The van der Waals surface area contributed by atoms with Crippen LogP contribution in [0.2, 0.25) is 0 Å². The number of amides is 1. The molecular formula is C22H19N5O3. The van der Waals surface area contributed by atoms with Gasteiger partial charge in [0.1, 0.15) is 17.3 Å². The maximum absolute atomic E-state index is 12.8. The van der Waals surface area contributed by atoms with Crippen LogP contribution >= 0.6 is 0 Å². The normalized spacial score (nSPS) is 12.8. The summed E-state index contributed by atoms with van der Waals surface area (Å²) in [6.07, 6.45) is 1.51. The van der Waals surface area contributed by atoms with E-state index in [1.54, 1.807) is 23.8 Å². The highest BCUT2D eigenvalue weighted by atomic mass is 16.5. The van der Waals surface area contributed by atoms with Gasteiger partial charge in [-0.3, -0.25) is 4.79 Å². The van der Waals surface area contributed by atoms with Crippen LogP contribution in [-0.2, 0) is 13.1 Å². The number of fused-ring (bicyclic) bond motifs is 2. The van der Waals surface area contributed by atoms with Gasteiger partial charge < -0.3 is 20.1 Å². The highest BCUT2D eigenvalue weighted by molar-refractivity contribution is 6.03. The highest BCUT2D eigenvalue weighted by Gasteiger charge is 2.22. The van der Waals surface area contributed by atoms with Crippen LogP contribution in [0.1, 0.15) is 21.6 Å². The molecular weight excluding hydrogens is 382 g/mol. The minimum atomic E-state index is -0.327. The van der Waals surface area contributed by atoms with E-state index in [1.165, 1.54) is 29.5 Å². The molecule has 0 radical (unpaired) electrons. The number of benzene rings is 2. The third-order valence-electron chi connectivity index (χ3n) is 5.17. The fourth-order valence-electron chi connectivity index (χ4n) is 3.59. The van der Waals surface area contributed by atoms with Crippen LogP contribution in [0.4, 0.5) is 11.5 Å². The maximum Gasteiger partial charge on any atom is 0.276 e. The Hall–Kier alpha value is -4.07. The first kappa shape index (κ1) is 18.0. The highest BCUT2D eigenvalue weighted by Crippen LogP contribution is 2.29. The average molecular weight is 401 g/mol. The third kappa shape index (κ3) is 3.18. The van der Waals surface area contributed by atoms with Gasteiger partial charge in [-0.1, -0.05) is 6.07 Å². The zero-order chi connectivity index (χ0) is 20.7. The second kappa shape index (κ2) is 7.07. The molecule has 2 aromatic carbocycles. The number of imidazole rings is 1. The smallest absolute Gasteiger partial charge is 0.276 e. The molecule has 1 amide bonds. The van der Waals surface area contributed by atoms with Gasteiger partial charge in [0, 0.05) is 18.8 Å². The van der Waals surface area contributed by atoms with Crippen molar-refractivity contribution in [2.45, 2.75) is 13.1 Å². The average Bonchev–Trinajstić information content (AvgIpc) is 3.38. The topological polar surface area (TPSA) is 92.0 Å². The summed E-state index contributed by atoms with van der Waals surface area (Å²) in [5.74, 6) is 1.40. The van der Waals surface area contributed by atoms with E-state index in [1.807, 2.05) is 24.3 Å². The Bertz CT molecular complexity index is 1250. The van der Waals surface area contributed by atoms with E-state index in [-0.39, 0.29) is 11.7 Å². The number of aromatic nitrogens is 3. The Kier molecular flexibility index (Phi) is 4.24. The molecule has 30 heavy (non-hydrogen) atoms. The van der Waals surface area contributed by atoms with Crippen molar-refractivity contribution in [3.05, 3.63) is 77.6 Å². The summed E-state index contributed by atoms with van der Waals surface area (Å²) in [6.45, 7) is 1.45. The number of phenols is 1. The van der Waals surface area contributed by atoms with Crippen molar-refractivity contribution in [3.63, 3.8) is 0 Å². The number of carbonyl (C=O) groups excluding carboxylic acids is 1. The molecule has 0 spiro atoms. The Morgan fingerprint density at radius 1 is 1.07 bits per heavy atom. The molecule has 5 rings (SSSR count). The van der Waals surface area contributed by atoms with Crippen molar-refractivity contribution in [1.29, 1.82) is 0 Å². The lowest BCUT2D eigenvalue weighted by Gasteiger charge is -2.16. The second-order valence-electron chi connectivity index (χ2n) is 7.10. The summed E-state index contributed by atoms with van der Waals surface area (Å²) in [5.41, 5.74) is 3.93. The summed E-state index contributed by atoms with van der Waals surface area (Å²) in [5, 5.41) is 16.9. The largest absolute Gasteiger partial charge is 0.508 e. The number of nitrogens with zero attached hydrogens (tertiary/aromatic N) is 4. The van der Waals surface area contributed by atoms with Crippen LogP contribution in [0, 0.1) is 0 Å². The van der Waals surface area contributed by atoms with Crippen LogP contribution in [0.15, 0.2) is 60.8 Å². The van der Waals surface area contributed by atoms with Gasteiger partial charge in [-0.15, -0.1) is 5.10 Å². The molecule has 0 bridgehead atoms. The molecule has 1 aliphatic rings. The SMILES string of the molecule is COc1ccc2c(c1)CN(c1ccc3ncc(C(=O)Nc4ccc(O)cc4)n3n1)C2. The Labute approximate surface area is 172 Å². The molecule has 0 saturated carbocycles. The fourth-order valence-corrected chi connectivity index (χ4v) is 3.59.